The molecule has 0 heterocycles. The summed E-state index contributed by atoms with van der Waals surface area (Å²) in [4.78, 5) is 11.6. The fourth-order valence-corrected chi connectivity index (χ4v) is 1.55. The third-order valence-electron chi connectivity index (χ3n) is 2.39. The normalized spacial score (nSPS) is 15.2. The maximum atomic E-state index is 11.6. The molecule has 0 bridgehead atoms. The first-order valence-corrected chi connectivity index (χ1v) is 6.50. The lowest BCUT2D eigenvalue weighted by Crippen LogP contribution is -2.47. The van der Waals surface area contributed by atoms with E-state index in [4.69, 9.17) is 9.47 Å². The van der Waals surface area contributed by atoms with E-state index in [1.807, 2.05) is 20.8 Å². The maximum absolute atomic E-state index is 11.6. The van der Waals surface area contributed by atoms with Crippen LogP contribution in [0.1, 0.15) is 53.4 Å². The van der Waals surface area contributed by atoms with Gasteiger partial charge in [-0.15, -0.1) is 0 Å². The highest BCUT2D eigenvalue weighted by molar-refractivity contribution is 5.75. The van der Waals surface area contributed by atoms with Crippen molar-refractivity contribution >= 4 is 5.97 Å². The number of aliphatic hydroxyl groups excluding tert-OH is 1. The van der Waals surface area contributed by atoms with Crippen LogP contribution in [0.3, 0.4) is 0 Å². The smallest absolute Gasteiger partial charge is 0.323 e. The predicted molar refractivity (Wildman–Crippen MR) is 69.9 cm³/mol. The molecule has 0 saturated heterocycles. The number of hydrogen-bond acceptors (Lipinski definition) is 5. The molecule has 2 N–H and O–H groups in total. The molecule has 5 nitrogen and oxygen atoms in total. The Labute approximate surface area is 110 Å². The molecule has 0 aromatic rings. The molecule has 0 fully saturated rings. The van der Waals surface area contributed by atoms with Crippen LogP contribution in [0.15, 0.2) is 0 Å². The summed E-state index contributed by atoms with van der Waals surface area (Å²) < 4.78 is 10.0. The van der Waals surface area contributed by atoms with Crippen LogP contribution >= 0.6 is 0 Å². The van der Waals surface area contributed by atoms with Crippen LogP contribution in [0.5, 0.6) is 0 Å². The number of unbranched alkanes of at least 4 members (excludes halogenated alkanes) is 2. The molecule has 0 saturated carbocycles. The molecule has 2 atom stereocenters. The van der Waals surface area contributed by atoms with Crippen molar-refractivity contribution in [2.75, 3.05) is 7.11 Å². The lowest BCUT2D eigenvalue weighted by atomic mass is 10.1. The molecule has 5 heteroatoms. The Kier molecular flexibility index (Phi) is 8.15. The van der Waals surface area contributed by atoms with Crippen LogP contribution in [-0.2, 0) is 14.3 Å². The second kappa shape index (κ2) is 8.45. The average molecular weight is 261 g/mol. The van der Waals surface area contributed by atoms with Crippen molar-refractivity contribution in [2.45, 2.75) is 71.4 Å². The van der Waals surface area contributed by atoms with Gasteiger partial charge in [0.25, 0.3) is 0 Å². The van der Waals surface area contributed by atoms with Crippen molar-refractivity contribution in [2.24, 2.45) is 0 Å². The summed E-state index contributed by atoms with van der Waals surface area (Å²) in [5.41, 5.74) is -0.476. The van der Waals surface area contributed by atoms with Gasteiger partial charge in [0.1, 0.15) is 6.04 Å². The van der Waals surface area contributed by atoms with Gasteiger partial charge in [-0.3, -0.25) is 10.1 Å². The van der Waals surface area contributed by atoms with Crippen LogP contribution in [-0.4, -0.2) is 36.2 Å². The number of ether oxygens (including phenoxy) is 2. The molecular weight excluding hydrogens is 234 g/mol. The number of carbonyl (C=O) groups is 1. The van der Waals surface area contributed by atoms with Gasteiger partial charge >= 0.3 is 5.97 Å². The molecule has 0 spiro atoms. The third kappa shape index (κ3) is 8.44. The molecule has 0 aliphatic rings. The van der Waals surface area contributed by atoms with E-state index in [2.05, 4.69) is 12.2 Å². The Hall–Kier alpha value is -0.650. The number of carbonyl (C=O) groups excluding carboxylic acids is 1. The van der Waals surface area contributed by atoms with Gasteiger partial charge in [0.15, 0.2) is 0 Å². The Morgan fingerprint density at radius 2 is 1.94 bits per heavy atom. The molecule has 0 aromatic carbocycles. The highest BCUT2D eigenvalue weighted by atomic mass is 16.6. The molecule has 108 valence electrons. The van der Waals surface area contributed by atoms with E-state index in [1.54, 1.807) is 0 Å². The highest BCUT2D eigenvalue weighted by Crippen LogP contribution is 2.10. The van der Waals surface area contributed by atoms with Crippen LogP contribution in [0.2, 0.25) is 0 Å². The van der Waals surface area contributed by atoms with Crippen molar-refractivity contribution in [1.82, 2.24) is 5.32 Å². The third-order valence-corrected chi connectivity index (χ3v) is 2.39. The van der Waals surface area contributed by atoms with Gasteiger partial charge in [-0.2, -0.15) is 0 Å². The van der Waals surface area contributed by atoms with Crippen molar-refractivity contribution in [3.05, 3.63) is 0 Å². The second-order valence-corrected chi connectivity index (χ2v) is 5.32. The average Bonchev–Trinajstić information content (AvgIpc) is 2.24. The summed E-state index contributed by atoms with van der Waals surface area (Å²) in [6, 6.07) is -0.529. The first-order valence-electron chi connectivity index (χ1n) is 6.50. The van der Waals surface area contributed by atoms with E-state index >= 15 is 0 Å². The number of hydrogen-bond donors (Lipinski definition) is 2. The number of esters is 1. The maximum Gasteiger partial charge on any atom is 0.323 e. The minimum absolute atomic E-state index is 0.373. The molecule has 18 heavy (non-hydrogen) atoms. The van der Waals surface area contributed by atoms with E-state index < -0.39 is 18.1 Å². The van der Waals surface area contributed by atoms with E-state index in [0.29, 0.717) is 6.42 Å². The zero-order chi connectivity index (χ0) is 14.2. The van der Waals surface area contributed by atoms with Crippen LogP contribution in [0.4, 0.5) is 0 Å². The molecule has 0 aromatic heterocycles. The van der Waals surface area contributed by atoms with Gasteiger partial charge in [-0.25, -0.2) is 0 Å². The predicted octanol–water partition coefficient (Wildman–Crippen LogP) is 1.79. The molecule has 1 unspecified atom stereocenters. The molecule has 0 amide bonds. The zero-order valence-electron chi connectivity index (χ0n) is 12.2. The number of rotatable bonds is 8. The summed E-state index contributed by atoms with van der Waals surface area (Å²) in [6.45, 7) is 7.60. The first-order chi connectivity index (χ1) is 8.30. The van der Waals surface area contributed by atoms with E-state index in [1.165, 1.54) is 7.11 Å². The lowest BCUT2D eigenvalue weighted by molar-refractivity contribution is -0.190. The quantitative estimate of drug-likeness (QED) is 0.396. The molecule has 0 radical (unpaired) electrons. The summed E-state index contributed by atoms with van der Waals surface area (Å²) in [5, 5.41) is 12.5. The van der Waals surface area contributed by atoms with Crippen molar-refractivity contribution in [1.29, 1.82) is 0 Å². The van der Waals surface area contributed by atoms with Crippen molar-refractivity contribution in [3.63, 3.8) is 0 Å². The standard InChI is InChI=1S/C13H27NO4/c1-6-7-8-9-10(11(15)17-5)14-12(16)18-13(2,3)4/h10,12,14,16H,6-9H2,1-5H3/t10-,12?/m0/s1. The highest BCUT2D eigenvalue weighted by Gasteiger charge is 2.24. The van der Waals surface area contributed by atoms with Crippen molar-refractivity contribution in [3.8, 4) is 0 Å². The lowest BCUT2D eigenvalue weighted by Gasteiger charge is -2.27. The van der Waals surface area contributed by atoms with Gasteiger partial charge in [-0.05, 0) is 27.2 Å². The Morgan fingerprint density at radius 1 is 1.33 bits per heavy atom. The van der Waals surface area contributed by atoms with Gasteiger partial charge in [0, 0.05) is 0 Å². The topological polar surface area (TPSA) is 67.8 Å². The summed E-state index contributed by atoms with van der Waals surface area (Å²) in [7, 11) is 1.34. The summed E-state index contributed by atoms with van der Waals surface area (Å²) >= 11 is 0. The van der Waals surface area contributed by atoms with Gasteiger partial charge in [0.05, 0.1) is 12.7 Å². The Balaban J connectivity index is 4.26. The Bertz CT molecular complexity index is 238. The molecular formula is C13H27NO4. The summed E-state index contributed by atoms with van der Waals surface area (Å²) in [6.07, 6.45) is 2.49. The fourth-order valence-electron chi connectivity index (χ4n) is 1.55. The first kappa shape index (κ1) is 17.4. The second-order valence-electron chi connectivity index (χ2n) is 5.32. The van der Waals surface area contributed by atoms with Crippen molar-refractivity contribution < 1.29 is 19.4 Å². The number of nitrogens with one attached hydrogen (secondary N) is 1. The van der Waals surface area contributed by atoms with E-state index in [0.717, 1.165) is 19.3 Å². The SMILES string of the molecule is CCCCC[C@H](NC(O)OC(C)(C)C)C(=O)OC. The van der Waals surface area contributed by atoms with E-state index in [-0.39, 0.29) is 5.97 Å². The minimum atomic E-state index is -1.17. The number of aliphatic hydroxyl groups is 1. The Morgan fingerprint density at radius 3 is 2.39 bits per heavy atom. The van der Waals surface area contributed by atoms with Gasteiger partial charge < -0.3 is 14.6 Å². The number of methoxy groups -OCH3 is 1. The van der Waals surface area contributed by atoms with Gasteiger partial charge in [0.2, 0.25) is 6.41 Å². The monoisotopic (exact) mass is 261 g/mol. The van der Waals surface area contributed by atoms with Crippen LogP contribution < -0.4 is 5.32 Å². The largest absolute Gasteiger partial charge is 0.468 e. The summed E-state index contributed by atoms with van der Waals surface area (Å²) in [5.74, 6) is -0.373. The van der Waals surface area contributed by atoms with Crippen LogP contribution in [0, 0.1) is 0 Å². The molecule has 0 aliphatic carbocycles. The minimum Gasteiger partial charge on any atom is -0.468 e. The molecule has 0 rings (SSSR count). The molecule has 0 aliphatic heterocycles. The van der Waals surface area contributed by atoms with Crippen LogP contribution in [0.25, 0.3) is 0 Å². The zero-order valence-corrected chi connectivity index (χ0v) is 12.2. The van der Waals surface area contributed by atoms with E-state index in [9.17, 15) is 9.90 Å². The van der Waals surface area contributed by atoms with Gasteiger partial charge in [-0.1, -0.05) is 26.2 Å². The fraction of sp³-hybridized carbons (Fsp3) is 0.923.